The van der Waals surface area contributed by atoms with Gasteiger partial charge in [0, 0.05) is 31.5 Å². The van der Waals surface area contributed by atoms with Gasteiger partial charge >= 0.3 is 5.97 Å². The zero-order chi connectivity index (χ0) is 26.7. The summed E-state index contributed by atoms with van der Waals surface area (Å²) in [7, 11) is -2.22. The number of carbonyl (C=O) groups excluding carboxylic acids is 2. The Morgan fingerprint density at radius 3 is 2.73 bits per heavy atom. The second-order valence-electron chi connectivity index (χ2n) is 8.15. The highest BCUT2D eigenvalue weighted by Crippen LogP contribution is 2.38. The van der Waals surface area contributed by atoms with Gasteiger partial charge in [-0.2, -0.15) is 4.72 Å². The highest BCUT2D eigenvalue weighted by Gasteiger charge is 2.33. The molecule has 1 aliphatic rings. The van der Waals surface area contributed by atoms with Crippen LogP contribution in [0.4, 0.5) is 10.1 Å². The number of methoxy groups -OCH3 is 2. The molecule has 0 aliphatic carbocycles. The van der Waals surface area contributed by atoms with Gasteiger partial charge in [0.05, 0.1) is 34.8 Å². The molecule has 1 saturated heterocycles. The van der Waals surface area contributed by atoms with Gasteiger partial charge in [0.25, 0.3) is 0 Å². The maximum atomic E-state index is 14.6. The Balaban J connectivity index is 1.65. The van der Waals surface area contributed by atoms with Crippen LogP contribution in [0, 0.1) is 5.82 Å². The number of amides is 1. The van der Waals surface area contributed by atoms with Crippen LogP contribution in [0.5, 0.6) is 5.75 Å². The third-order valence-electron chi connectivity index (χ3n) is 5.68. The first kappa shape index (κ1) is 27.0. The molecule has 37 heavy (non-hydrogen) atoms. The molecule has 4 rings (SSSR count). The maximum absolute atomic E-state index is 14.6. The summed E-state index contributed by atoms with van der Waals surface area (Å²) in [6.07, 6.45) is 1.39. The fourth-order valence-corrected chi connectivity index (χ4v) is 6.34. The molecule has 1 atom stereocenters. The van der Waals surface area contributed by atoms with E-state index in [1.54, 1.807) is 18.2 Å². The molecule has 0 spiro atoms. The molecule has 0 saturated carbocycles. The highest BCUT2D eigenvalue weighted by molar-refractivity contribution is 7.89. The predicted molar refractivity (Wildman–Crippen MR) is 134 cm³/mol. The van der Waals surface area contributed by atoms with Gasteiger partial charge in [-0.25, -0.2) is 12.8 Å². The van der Waals surface area contributed by atoms with Crippen LogP contribution in [0.3, 0.4) is 0 Å². The number of anilines is 1. The molecule has 10 nitrogen and oxygen atoms in total. The number of benzene rings is 1. The van der Waals surface area contributed by atoms with Crippen LogP contribution in [0.25, 0.3) is 10.6 Å². The van der Waals surface area contributed by atoms with Gasteiger partial charge in [-0.3, -0.25) is 9.59 Å². The maximum Gasteiger partial charge on any atom is 0.324 e. The Labute approximate surface area is 221 Å². The van der Waals surface area contributed by atoms with E-state index in [9.17, 15) is 22.4 Å². The Morgan fingerprint density at radius 2 is 2.08 bits per heavy atom. The molecule has 3 aromatic rings. The highest BCUT2D eigenvalue weighted by atomic mass is 35.5. The first-order valence-electron chi connectivity index (χ1n) is 11.1. The number of thiophene rings is 1. The van der Waals surface area contributed by atoms with Crippen LogP contribution >= 0.6 is 22.9 Å². The third kappa shape index (κ3) is 5.95. The van der Waals surface area contributed by atoms with E-state index in [-0.39, 0.29) is 35.9 Å². The van der Waals surface area contributed by atoms with Crippen molar-refractivity contribution in [2.75, 3.05) is 25.7 Å². The predicted octanol–water partition coefficient (Wildman–Crippen LogP) is 3.78. The summed E-state index contributed by atoms with van der Waals surface area (Å²) < 4.78 is 59.6. The van der Waals surface area contributed by atoms with Crippen molar-refractivity contribution in [3.05, 3.63) is 46.2 Å². The number of piperidine rings is 1. The van der Waals surface area contributed by atoms with Gasteiger partial charge in [-0.15, -0.1) is 11.3 Å². The van der Waals surface area contributed by atoms with Crippen molar-refractivity contribution in [2.24, 2.45) is 0 Å². The van der Waals surface area contributed by atoms with Crippen molar-refractivity contribution in [3.8, 4) is 16.4 Å². The second kappa shape index (κ2) is 11.2. The average molecular weight is 572 g/mol. The molecule has 2 aromatic heterocycles. The van der Waals surface area contributed by atoms with E-state index in [0.717, 1.165) is 19.2 Å². The number of hydrogen-bond acceptors (Lipinski definition) is 9. The number of sulfonamides is 1. The van der Waals surface area contributed by atoms with E-state index >= 15 is 0 Å². The zero-order valence-corrected chi connectivity index (χ0v) is 22.2. The van der Waals surface area contributed by atoms with Gasteiger partial charge in [0.2, 0.25) is 15.9 Å². The van der Waals surface area contributed by atoms with E-state index in [1.807, 2.05) is 0 Å². The molecular formula is C23H23ClFN3O7S2. The first-order valence-corrected chi connectivity index (χ1v) is 13.8. The van der Waals surface area contributed by atoms with Crippen molar-refractivity contribution < 1.29 is 36.4 Å². The lowest BCUT2D eigenvalue weighted by Gasteiger charge is -2.29. The van der Waals surface area contributed by atoms with Crippen LogP contribution in [0.15, 0.2) is 39.8 Å². The minimum atomic E-state index is -4.55. The lowest BCUT2D eigenvalue weighted by molar-refractivity contribution is -0.142. The van der Waals surface area contributed by atoms with Crippen LogP contribution in [0.2, 0.25) is 4.34 Å². The molecule has 3 heterocycles. The number of aromatic nitrogens is 1. The number of ether oxygens (including phenoxy) is 2. The topological polar surface area (TPSA) is 128 Å². The zero-order valence-electron chi connectivity index (χ0n) is 19.8. The number of halogens is 2. The number of hydrogen-bond donors (Lipinski definition) is 1. The summed E-state index contributed by atoms with van der Waals surface area (Å²) in [5, 5.41) is 3.91. The van der Waals surface area contributed by atoms with Crippen LogP contribution in [-0.2, 0) is 30.8 Å². The number of nitrogens with one attached hydrogen (secondary N) is 1. The van der Waals surface area contributed by atoms with Crippen molar-refractivity contribution in [2.45, 2.75) is 36.6 Å². The lowest BCUT2D eigenvalue weighted by Crippen LogP contribution is -2.43. The van der Waals surface area contributed by atoms with Gasteiger partial charge in [0.1, 0.15) is 16.8 Å². The van der Waals surface area contributed by atoms with Crippen LogP contribution < -0.4 is 14.4 Å². The number of carbonyl (C=O) groups is 2. The molecule has 1 N–H and O–H groups in total. The summed E-state index contributed by atoms with van der Waals surface area (Å²) in [6, 6.07) is 5.36. The Bertz CT molecular complexity index is 1420. The quantitative estimate of drug-likeness (QED) is 0.384. The van der Waals surface area contributed by atoms with E-state index in [4.69, 9.17) is 25.6 Å². The average Bonchev–Trinajstić information content (AvgIpc) is 3.51. The lowest BCUT2D eigenvalue weighted by atomic mass is 10.1. The van der Waals surface area contributed by atoms with Crippen molar-refractivity contribution in [1.29, 1.82) is 0 Å². The van der Waals surface area contributed by atoms with Crippen molar-refractivity contribution in [3.63, 3.8) is 0 Å². The largest absolute Gasteiger partial charge is 0.493 e. The van der Waals surface area contributed by atoms with Gasteiger partial charge < -0.3 is 18.9 Å². The van der Waals surface area contributed by atoms with Gasteiger partial charge in [-0.1, -0.05) is 16.8 Å². The van der Waals surface area contributed by atoms with Gasteiger partial charge in [0.15, 0.2) is 11.5 Å². The fraction of sp³-hybridized carbons (Fsp3) is 0.348. The SMILES string of the molecule is COC(=O)[C@H](Cc1cc(-c2ccc(Cl)s2)on1)NS(=O)(=O)c1cc(F)cc(N2CCCCC2=O)c1OC. The van der Waals surface area contributed by atoms with E-state index < -0.39 is 32.7 Å². The Hall–Kier alpha value is -3.00. The normalized spacial score (nSPS) is 15.0. The van der Waals surface area contributed by atoms with Crippen LogP contribution in [0.1, 0.15) is 25.0 Å². The minimum Gasteiger partial charge on any atom is -0.493 e. The molecule has 0 radical (unpaired) electrons. The Kier molecular flexibility index (Phi) is 8.17. The number of rotatable bonds is 9. The summed E-state index contributed by atoms with van der Waals surface area (Å²) in [5.74, 6) is -1.88. The smallest absolute Gasteiger partial charge is 0.324 e. The third-order valence-corrected chi connectivity index (χ3v) is 8.40. The summed E-state index contributed by atoms with van der Waals surface area (Å²) in [4.78, 5) is 26.4. The summed E-state index contributed by atoms with van der Waals surface area (Å²) in [6.45, 7) is 0.292. The molecule has 0 bridgehead atoms. The first-order chi connectivity index (χ1) is 17.6. The Morgan fingerprint density at radius 1 is 1.30 bits per heavy atom. The molecule has 198 valence electrons. The molecule has 1 aromatic carbocycles. The number of nitrogens with zero attached hydrogens (tertiary/aromatic N) is 2. The van der Waals surface area contributed by atoms with Crippen LogP contribution in [-0.4, -0.2) is 52.3 Å². The van der Waals surface area contributed by atoms with E-state index in [0.29, 0.717) is 34.4 Å². The minimum absolute atomic E-state index is 0.00190. The summed E-state index contributed by atoms with van der Waals surface area (Å²) in [5.41, 5.74) is 0.265. The molecule has 14 heteroatoms. The van der Waals surface area contributed by atoms with Gasteiger partial charge in [-0.05, 0) is 31.0 Å². The van der Waals surface area contributed by atoms with Crippen molar-refractivity contribution >= 4 is 50.5 Å². The second-order valence-corrected chi connectivity index (χ2v) is 11.5. The van der Waals surface area contributed by atoms with E-state index in [1.165, 1.54) is 23.3 Å². The fourth-order valence-electron chi connectivity index (χ4n) is 3.97. The van der Waals surface area contributed by atoms with E-state index in [2.05, 4.69) is 9.88 Å². The monoisotopic (exact) mass is 571 g/mol. The molecular weight excluding hydrogens is 549 g/mol. The molecule has 0 unspecified atom stereocenters. The standard InChI is InChI=1S/C23H23ClFN3O7S2/c1-33-22-16(28-8-4-3-5-21(28)29)9-13(25)10-19(22)37(31,32)27-15(23(30)34-2)11-14-12-17(35-26-14)18-6-7-20(24)36-18/h6-7,9-10,12,15,27H,3-5,8,11H2,1-2H3/t15-/m0/s1. The molecule has 1 fully saturated rings. The molecule has 1 amide bonds. The molecule has 1 aliphatic heterocycles. The summed E-state index contributed by atoms with van der Waals surface area (Å²) >= 11 is 7.22. The van der Waals surface area contributed by atoms with Crippen molar-refractivity contribution in [1.82, 2.24) is 9.88 Å². The number of esters is 1.